The summed E-state index contributed by atoms with van der Waals surface area (Å²) in [7, 11) is -3.18. The molecule has 2 aromatic rings. The molecule has 0 unspecified atom stereocenters. The highest BCUT2D eigenvalue weighted by atomic mass is 35.5. The highest BCUT2D eigenvalue weighted by Crippen LogP contribution is 2.37. The molecule has 0 saturated carbocycles. The topological polar surface area (TPSA) is 57.7 Å². The quantitative estimate of drug-likeness (QED) is 0.772. The summed E-state index contributed by atoms with van der Waals surface area (Å²) in [6.45, 7) is 0. The Morgan fingerprint density at radius 2 is 1.33 bits per heavy atom. The first kappa shape index (κ1) is 15.5. The van der Waals surface area contributed by atoms with Crippen LogP contribution in [0.1, 0.15) is 0 Å². The van der Waals surface area contributed by atoms with Gasteiger partial charge in [-0.25, -0.2) is 13.2 Å². The molecule has 4 rings (SSSR count). The number of halogens is 1. The first-order valence-electron chi connectivity index (χ1n) is 7.60. The van der Waals surface area contributed by atoms with Crippen molar-refractivity contribution in [1.82, 2.24) is 0 Å². The first-order chi connectivity index (χ1) is 11.5. The van der Waals surface area contributed by atoms with Gasteiger partial charge in [0.1, 0.15) is 0 Å². The van der Waals surface area contributed by atoms with Crippen molar-refractivity contribution in [1.29, 1.82) is 0 Å². The second-order valence-corrected chi connectivity index (χ2v) is 8.64. The second kappa shape index (κ2) is 5.50. The van der Waals surface area contributed by atoms with Crippen molar-refractivity contribution in [3.8, 4) is 0 Å². The number of hydrogen-bond acceptors (Lipinski definition) is 3. The van der Waals surface area contributed by atoms with Crippen molar-refractivity contribution in [2.45, 2.75) is 12.1 Å². The molecule has 0 bridgehead atoms. The zero-order chi connectivity index (χ0) is 16.9. The van der Waals surface area contributed by atoms with E-state index >= 15 is 0 Å². The molecule has 0 aliphatic carbocycles. The Labute approximate surface area is 145 Å². The number of hydrogen-bond donors (Lipinski definition) is 0. The van der Waals surface area contributed by atoms with E-state index in [0.29, 0.717) is 16.4 Å². The molecule has 0 aromatic heterocycles. The van der Waals surface area contributed by atoms with E-state index in [1.807, 2.05) is 30.3 Å². The normalized spacial score (nSPS) is 25.1. The van der Waals surface area contributed by atoms with Gasteiger partial charge in [0.15, 0.2) is 9.84 Å². The number of carbonyl (C=O) groups excluding carboxylic acids is 1. The van der Waals surface area contributed by atoms with Crippen molar-refractivity contribution < 1.29 is 13.2 Å². The molecule has 2 aliphatic rings. The SMILES string of the molecule is O=C1N(c2ccc(Cl)cc2)[C@@H]2CS(=O)(=O)C[C@@H]2N1c1ccccc1. The maximum Gasteiger partial charge on any atom is 0.329 e. The minimum absolute atomic E-state index is 0.0115. The standard InChI is InChI=1S/C17H15ClN2O3S/c18-12-6-8-14(9-7-12)20-16-11-24(22,23)10-15(16)19(17(20)21)13-4-2-1-3-5-13/h1-9,15-16H,10-11H2/t15-,16+/m0/s1. The highest BCUT2D eigenvalue weighted by molar-refractivity contribution is 7.91. The van der Waals surface area contributed by atoms with E-state index in [9.17, 15) is 13.2 Å². The van der Waals surface area contributed by atoms with Gasteiger partial charge >= 0.3 is 6.03 Å². The predicted molar refractivity (Wildman–Crippen MR) is 94.5 cm³/mol. The van der Waals surface area contributed by atoms with Crippen LogP contribution >= 0.6 is 11.6 Å². The van der Waals surface area contributed by atoms with Crippen LogP contribution in [0.15, 0.2) is 54.6 Å². The molecular formula is C17H15ClN2O3S. The summed E-state index contributed by atoms with van der Waals surface area (Å²) in [5.74, 6) is -0.0300. The van der Waals surface area contributed by atoms with Gasteiger partial charge in [0.05, 0.1) is 23.6 Å². The number of rotatable bonds is 2. The lowest BCUT2D eigenvalue weighted by atomic mass is 10.1. The molecule has 2 heterocycles. The van der Waals surface area contributed by atoms with Crippen molar-refractivity contribution in [2.24, 2.45) is 0 Å². The molecule has 124 valence electrons. The summed E-state index contributed by atoms with van der Waals surface area (Å²) in [5.41, 5.74) is 1.38. The summed E-state index contributed by atoms with van der Waals surface area (Å²) in [6.07, 6.45) is 0. The fraction of sp³-hybridized carbons (Fsp3) is 0.235. The van der Waals surface area contributed by atoms with E-state index in [4.69, 9.17) is 11.6 Å². The van der Waals surface area contributed by atoms with Gasteiger partial charge in [-0.3, -0.25) is 9.80 Å². The van der Waals surface area contributed by atoms with Crippen LogP contribution in [0, 0.1) is 0 Å². The molecular weight excluding hydrogens is 348 g/mol. The van der Waals surface area contributed by atoms with Crippen LogP contribution in [0.5, 0.6) is 0 Å². The molecule has 0 N–H and O–H groups in total. The maximum atomic E-state index is 13.0. The van der Waals surface area contributed by atoms with Gasteiger partial charge in [-0.15, -0.1) is 0 Å². The Balaban J connectivity index is 1.80. The van der Waals surface area contributed by atoms with Crippen molar-refractivity contribution in [3.63, 3.8) is 0 Å². The Morgan fingerprint density at radius 1 is 0.833 bits per heavy atom. The number of para-hydroxylation sites is 1. The van der Waals surface area contributed by atoms with E-state index in [1.54, 1.807) is 34.1 Å². The molecule has 0 radical (unpaired) electrons. The molecule has 2 amide bonds. The number of carbonyl (C=O) groups is 1. The summed E-state index contributed by atoms with van der Waals surface area (Å²) in [5, 5.41) is 0.570. The summed E-state index contributed by atoms with van der Waals surface area (Å²) in [6, 6.07) is 15.1. The van der Waals surface area contributed by atoms with Crippen LogP contribution in [0.4, 0.5) is 16.2 Å². The zero-order valence-electron chi connectivity index (χ0n) is 12.7. The van der Waals surface area contributed by atoms with Gasteiger partial charge in [0.25, 0.3) is 0 Å². The zero-order valence-corrected chi connectivity index (χ0v) is 14.2. The smallest absolute Gasteiger partial charge is 0.288 e. The lowest BCUT2D eigenvalue weighted by molar-refractivity contribution is 0.255. The first-order valence-corrected chi connectivity index (χ1v) is 9.80. The number of urea groups is 1. The van der Waals surface area contributed by atoms with Crippen molar-refractivity contribution >= 4 is 38.8 Å². The number of fused-ring (bicyclic) bond motifs is 1. The molecule has 2 aromatic carbocycles. The minimum atomic E-state index is -3.18. The monoisotopic (exact) mass is 362 g/mol. The van der Waals surface area contributed by atoms with Gasteiger partial charge in [-0.1, -0.05) is 29.8 Å². The predicted octanol–water partition coefficient (Wildman–Crippen LogP) is 2.95. The average molecular weight is 363 g/mol. The van der Waals surface area contributed by atoms with E-state index in [2.05, 4.69) is 0 Å². The number of anilines is 2. The van der Waals surface area contributed by atoms with Gasteiger partial charge < -0.3 is 0 Å². The Hall–Kier alpha value is -2.05. The maximum absolute atomic E-state index is 13.0. The van der Waals surface area contributed by atoms with Crippen LogP contribution in [-0.2, 0) is 9.84 Å². The number of benzene rings is 2. The number of nitrogens with zero attached hydrogens (tertiary/aromatic N) is 2. The van der Waals surface area contributed by atoms with Crippen LogP contribution in [0.25, 0.3) is 0 Å². The van der Waals surface area contributed by atoms with Crippen molar-refractivity contribution in [2.75, 3.05) is 21.3 Å². The van der Waals surface area contributed by atoms with Gasteiger partial charge in [-0.2, -0.15) is 0 Å². The van der Waals surface area contributed by atoms with E-state index in [1.165, 1.54) is 0 Å². The van der Waals surface area contributed by atoms with E-state index in [0.717, 1.165) is 0 Å². The minimum Gasteiger partial charge on any atom is -0.288 e. The van der Waals surface area contributed by atoms with Crippen LogP contribution in [-0.4, -0.2) is 38.0 Å². The Bertz CT molecular complexity index is 884. The third kappa shape index (κ3) is 2.46. The van der Waals surface area contributed by atoms with Gasteiger partial charge in [0.2, 0.25) is 0 Å². The highest BCUT2D eigenvalue weighted by Gasteiger charge is 2.54. The van der Waals surface area contributed by atoms with Crippen molar-refractivity contribution in [3.05, 3.63) is 59.6 Å². The lowest BCUT2D eigenvalue weighted by Gasteiger charge is -2.22. The average Bonchev–Trinajstić information content (AvgIpc) is 2.98. The van der Waals surface area contributed by atoms with E-state index in [-0.39, 0.29) is 29.6 Å². The fourth-order valence-corrected chi connectivity index (χ4v) is 5.54. The molecule has 2 aliphatic heterocycles. The van der Waals surface area contributed by atoms with Crippen LogP contribution in [0.2, 0.25) is 5.02 Å². The number of sulfone groups is 1. The fourth-order valence-electron chi connectivity index (χ4n) is 3.50. The third-order valence-electron chi connectivity index (χ3n) is 4.51. The van der Waals surface area contributed by atoms with E-state index < -0.39 is 9.84 Å². The molecule has 7 heteroatoms. The molecule has 5 nitrogen and oxygen atoms in total. The summed E-state index contributed by atoms with van der Waals surface area (Å²) >= 11 is 5.93. The van der Waals surface area contributed by atoms with Gasteiger partial charge in [-0.05, 0) is 36.4 Å². The molecule has 24 heavy (non-hydrogen) atoms. The molecule has 2 saturated heterocycles. The third-order valence-corrected chi connectivity index (χ3v) is 6.46. The molecule has 0 spiro atoms. The summed E-state index contributed by atoms with van der Waals surface area (Å²) < 4.78 is 24.3. The Kier molecular flexibility index (Phi) is 3.54. The number of amides is 2. The van der Waals surface area contributed by atoms with Crippen LogP contribution in [0.3, 0.4) is 0 Å². The van der Waals surface area contributed by atoms with Gasteiger partial charge in [0, 0.05) is 16.4 Å². The largest absolute Gasteiger partial charge is 0.329 e. The summed E-state index contributed by atoms with van der Waals surface area (Å²) in [4.78, 5) is 16.2. The second-order valence-electron chi connectivity index (χ2n) is 6.05. The lowest BCUT2D eigenvalue weighted by Crippen LogP contribution is -2.37. The van der Waals surface area contributed by atoms with Crippen LogP contribution < -0.4 is 9.80 Å². The molecule has 2 atom stereocenters. The molecule has 2 fully saturated rings. The Morgan fingerprint density at radius 3 is 1.88 bits per heavy atom.